The van der Waals surface area contributed by atoms with Crippen molar-refractivity contribution >= 4 is 11.6 Å². The normalized spacial score (nSPS) is 25.1. The molecule has 0 saturated heterocycles. The Labute approximate surface area is 109 Å². The zero-order chi connectivity index (χ0) is 12.4. The predicted molar refractivity (Wildman–Crippen MR) is 73.6 cm³/mol. The fourth-order valence-corrected chi connectivity index (χ4v) is 3.62. The van der Waals surface area contributed by atoms with Crippen LogP contribution in [0, 0.1) is 5.92 Å². The number of nitrogens with one attached hydrogen (secondary N) is 1. The molecular formula is C16H21NO. The summed E-state index contributed by atoms with van der Waals surface area (Å²) in [6.45, 7) is 0. The number of fused-ring (bicyclic) bond motifs is 1. The average Bonchev–Trinajstić information content (AvgIpc) is 2.58. The monoisotopic (exact) mass is 243 g/mol. The zero-order valence-corrected chi connectivity index (χ0v) is 10.8. The molecule has 1 saturated carbocycles. The molecular weight excluding hydrogens is 222 g/mol. The molecule has 1 aliphatic heterocycles. The second-order valence-corrected chi connectivity index (χ2v) is 5.68. The van der Waals surface area contributed by atoms with Crippen molar-refractivity contribution in [2.24, 2.45) is 5.92 Å². The molecule has 1 N–H and O–H groups in total. The van der Waals surface area contributed by atoms with Gasteiger partial charge < -0.3 is 5.32 Å². The van der Waals surface area contributed by atoms with Gasteiger partial charge in [0.2, 0.25) is 5.91 Å². The van der Waals surface area contributed by atoms with E-state index in [1.807, 2.05) is 12.1 Å². The molecule has 1 aliphatic carbocycles. The van der Waals surface area contributed by atoms with E-state index in [0.29, 0.717) is 12.3 Å². The predicted octanol–water partition coefficient (Wildman–Crippen LogP) is 4.08. The van der Waals surface area contributed by atoms with E-state index in [1.54, 1.807) is 0 Å². The van der Waals surface area contributed by atoms with Crippen LogP contribution in [0.5, 0.6) is 0 Å². The van der Waals surface area contributed by atoms with Crippen LogP contribution in [0.2, 0.25) is 0 Å². The smallest absolute Gasteiger partial charge is 0.224 e. The summed E-state index contributed by atoms with van der Waals surface area (Å²) in [5.41, 5.74) is 2.42. The SMILES string of the molecule is O=C1CC[C@@H](C2CCCCC2)c2ccccc2N1. The number of anilines is 1. The van der Waals surface area contributed by atoms with Crippen LogP contribution in [0.4, 0.5) is 5.69 Å². The molecule has 1 aromatic rings. The van der Waals surface area contributed by atoms with Gasteiger partial charge in [0.15, 0.2) is 0 Å². The number of carbonyl (C=O) groups is 1. The molecule has 2 nitrogen and oxygen atoms in total. The van der Waals surface area contributed by atoms with Crippen molar-refractivity contribution in [3.8, 4) is 0 Å². The van der Waals surface area contributed by atoms with E-state index >= 15 is 0 Å². The Bertz CT molecular complexity index is 434. The second kappa shape index (κ2) is 5.13. The van der Waals surface area contributed by atoms with Gasteiger partial charge in [0.25, 0.3) is 0 Å². The van der Waals surface area contributed by atoms with Crippen molar-refractivity contribution in [1.29, 1.82) is 0 Å². The van der Waals surface area contributed by atoms with Gasteiger partial charge in [-0.1, -0.05) is 37.5 Å². The quantitative estimate of drug-likeness (QED) is 0.791. The van der Waals surface area contributed by atoms with Crippen molar-refractivity contribution in [1.82, 2.24) is 0 Å². The fourth-order valence-electron chi connectivity index (χ4n) is 3.62. The van der Waals surface area contributed by atoms with Gasteiger partial charge in [0.05, 0.1) is 0 Å². The molecule has 0 unspecified atom stereocenters. The molecule has 0 bridgehead atoms. The maximum absolute atomic E-state index is 11.8. The molecule has 1 aromatic carbocycles. The van der Waals surface area contributed by atoms with Crippen molar-refractivity contribution in [3.63, 3.8) is 0 Å². The van der Waals surface area contributed by atoms with Gasteiger partial charge in [0, 0.05) is 12.1 Å². The molecule has 0 aromatic heterocycles. The molecule has 1 heterocycles. The van der Waals surface area contributed by atoms with E-state index in [4.69, 9.17) is 0 Å². The Morgan fingerprint density at radius 1 is 1.00 bits per heavy atom. The number of hydrogen-bond donors (Lipinski definition) is 1. The minimum absolute atomic E-state index is 0.181. The maximum Gasteiger partial charge on any atom is 0.224 e. The van der Waals surface area contributed by atoms with E-state index in [-0.39, 0.29) is 5.91 Å². The highest BCUT2D eigenvalue weighted by atomic mass is 16.1. The molecule has 3 rings (SSSR count). The van der Waals surface area contributed by atoms with Crippen LogP contribution in [0.15, 0.2) is 24.3 Å². The first-order valence-electron chi connectivity index (χ1n) is 7.23. The molecule has 18 heavy (non-hydrogen) atoms. The van der Waals surface area contributed by atoms with E-state index in [1.165, 1.54) is 37.7 Å². The minimum atomic E-state index is 0.181. The van der Waals surface area contributed by atoms with Crippen LogP contribution in [-0.2, 0) is 4.79 Å². The van der Waals surface area contributed by atoms with Crippen LogP contribution >= 0.6 is 0 Å². The molecule has 0 radical (unpaired) electrons. The number of rotatable bonds is 1. The summed E-state index contributed by atoms with van der Waals surface area (Å²) in [5.74, 6) is 1.55. The number of para-hydroxylation sites is 1. The van der Waals surface area contributed by atoms with E-state index in [2.05, 4.69) is 17.4 Å². The lowest BCUT2D eigenvalue weighted by atomic mass is 9.75. The third-order valence-electron chi connectivity index (χ3n) is 4.54. The number of carbonyl (C=O) groups excluding carboxylic acids is 1. The highest BCUT2D eigenvalue weighted by Crippen LogP contribution is 2.42. The van der Waals surface area contributed by atoms with Gasteiger partial charge in [-0.3, -0.25) is 4.79 Å². The first-order chi connectivity index (χ1) is 8.84. The van der Waals surface area contributed by atoms with Gasteiger partial charge >= 0.3 is 0 Å². The Morgan fingerprint density at radius 2 is 1.78 bits per heavy atom. The molecule has 2 aliphatic rings. The fraction of sp³-hybridized carbons (Fsp3) is 0.562. The average molecular weight is 243 g/mol. The minimum Gasteiger partial charge on any atom is -0.326 e. The summed E-state index contributed by atoms with van der Waals surface area (Å²) in [6.07, 6.45) is 8.50. The van der Waals surface area contributed by atoms with Crippen molar-refractivity contribution in [2.45, 2.75) is 50.9 Å². The molecule has 1 fully saturated rings. The molecule has 1 amide bonds. The summed E-state index contributed by atoms with van der Waals surface area (Å²) in [5, 5.41) is 3.05. The standard InChI is InChI=1S/C16H21NO/c18-16-11-10-13(12-6-2-1-3-7-12)14-8-4-5-9-15(14)17-16/h4-5,8-9,12-13H,1-3,6-7,10-11H2,(H,17,18)/t13-/m0/s1. The van der Waals surface area contributed by atoms with Gasteiger partial charge in [0.1, 0.15) is 0 Å². The Morgan fingerprint density at radius 3 is 2.61 bits per heavy atom. The lowest BCUT2D eigenvalue weighted by Gasteiger charge is -2.30. The third kappa shape index (κ3) is 2.29. The van der Waals surface area contributed by atoms with Gasteiger partial charge in [-0.25, -0.2) is 0 Å². The molecule has 96 valence electrons. The maximum atomic E-state index is 11.8. The summed E-state index contributed by atoms with van der Waals surface area (Å²) in [6, 6.07) is 8.38. The van der Waals surface area contributed by atoms with Crippen molar-refractivity contribution < 1.29 is 4.79 Å². The lowest BCUT2D eigenvalue weighted by molar-refractivity contribution is -0.116. The molecule has 1 atom stereocenters. The van der Waals surface area contributed by atoms with Gasteiger partial charge in [-0.2, -0.15) is 0 Å². The van der Waals surface area contributed by atoms with Crippen LogP contribution in [0.3, 0.4) is 0 Å². The van der Waals surface area contributed by atoms with Crippen LogP contribution < -0.4 is 5.32 Å². The molecule has 0 spiro atoms. The largest absolute Gasteiger partial charge is 0.326 e. The lowest BCUT2D eigenvalue weighted by Crippen LogP contribution is -2.16. The van der Waals surface area contributed by atoms with E-state index in [0.717, 1.165) is 18.0 Å². The van der Waals surface area contributed by atoms with Crippen LogP contribution in [0.25, 0.3) is 0 Å². The summed E-state index contributed by atoms with van der Waals surface area (Å²) in [7, 11) is 0. The number of hydrogen-bond acceptors (Lipinski definition) is 1. The van der Waals surface area contributed by atoms with E-state index in [9.17, 15) is 4.79 Å². The second-order valence-electron chi connectivity index (χ2n) is 5.68. The Kier molecular flexibility index (Phi) is 3.35. The zero-order valence-electron chi connectivity index (χ0n) is 10.8. The number of amides is 1. The highest BCUT2D eigenvalue weighted by molar-refractivity contribution is 5.92. The highest BCUT2D eigenvalue weighted by Gasteiger charge is 2.29. The Balaban J connectivity index is 1.91. The summed E-state index contributed by atoms with van der Waals surface area (Å²) >= 11 is 0. The topological polar surface area (TPSA) is 29.1 Å². The van der Waals surface area contributed by atoms with E-state index < -0.39 is 0 Å². The Hall–Kier alpha value is -1.31. The van der Waals surface area contributed by atoms with Crippen LogP contribution in [-0.4, -0.2) is 5.91 Å². The third-order valence-corrected chi connectivity index (χ3v) is 4.54. The summed E-state index contributed by atoms with van der Waals surface area (Å²) in [4.78, 5) is 11.8. The number of benzene rings is 1. The van der Waals surface area contributed by atoms with Crippen molar-refractivity contribution in [3.05, 3.63) is 29.8 Å². The first-order valence-corrected chi connectivity index (χ1v) is 7.23. The summed E-state index contributed by atoms with van der Waals surface area (Å²) < 4.78 is 0. The van der Waals surface area contributed by atoms with Crippen LogP contribution in [0.1, 0.15) is 56.4 Å². The first kappa shape index (κ1) is 11.8. The molecule has 2 heteroatoms. The van der Waals surface area contributed by atoms with Gasteiger partial charge in [-0.05, 0) is 42.7 Å². The van der Waals surface area contributed by atoms with Gasteiger partial charge in [-0.15, -0.1) is 0 Å². The van der Waals surface area contributed by atoms with Crippen molar-refractivity contribution in [2.75, 3.05) is 5.32 Å².